The first-order valence-corrected chi connectivity index (χ1v) is 14.8. The minimum Gasteiger partial charge on any atom is -0.356 e. The van der Waals surface area contributed by atoms with E-state index in [2.05, 4.69) is 37.3 Å². The van der Waals surface area contributed by atoms with Gasteiger partial charge in [0.25, 0.3) is 0 Å². The number of hydrogen-bond donors (Lipinski definition) is 0. The van der Waals surface area contributed by atoms with Crippen molar-refractivity contribution >= 4 is 11.9 Å². The molecule has 0 radical (unpaired) electrons. The first kappa shape index (κ1) is 26.8. The van der Waals surface area contributed by atoms with E-state index in [1.165, 1.54) is 12.2 Å². The first-order valence-electron chi connectivity index (χ1n) is 13.9. The highest BCUT2D eigenvalue weighted by atomic mass is 32.2. The summed E-state index contributed by atoms with van der Waals surface area (Å²) in [6, 6.07) is 14.1. The normalized spacial score (nSPS) is 18.4. The van der Waals surface area contributed by atoms with Gasteiger partial charge < -0.3 is 18.6 Å². The van der Waals surface area contributed by atoms with Crippen molar-refractivity contribution in [1.82, 2.24) is 24.0 Å². The third-order valence-corrected chi connectivity index (χ3v) is 8.15. The molecule has 1 aromatic carbocycles. The van der Waals surface area contributed by atoms with Crippen molar-refractivity contribution in [2.24, 2.45) is 0 Å². The Morgan fingerprint density at radius 1 is 1.02 bits per heavy atom. The van der Waals surface area contributed by atoms with Crippen LogP contribution in [0, 0.1) is 11.8 Å². The summed E-state index contributed by atoms with van der Waals surface area (Å²) in [4.78, 5) is 9.10. The van der Waals surface area contributed by atoms with Crippen molar-refractivity contribution in [2.75, 3.05) is 18.9 Å². The Morgan fingerprint density at radius 2 is 1.90 bits per heavy atom. The molecule has 0 aliphatic carbocycles. The molecule has 0 bridgehead atoms. The van der Waals surface area contributed by atoms with Crippen LogP contribution in [0.5, 0.6) is 0 Å². The highest BCUT2D eigenvalue weighted by molar-refractivity contribution is 7.97. The van der Waals surface area contributed by atoms with E-state index in [9.17, 15) is 0 Å². The number of aromatic nitrogens is 4. The zero-order valence-corrected chi connectivity index (χ0v) is 23.5. The second-order valence-corrected chi connectivity index (χ2v) is 11.3. The Hall–Kier alpha value is -3.42. The lowest BCUT2D eigenvalue weighted by atomic mass is 10.1. The number of nitrogens with zero attached hydrogens (tertiary/aromatic N) is 5. The number of ether oxygens (including phenoxy) is 2. The molecule has 3 aromatic heterocycles. The minimum atomic E-state index is -0.180. The lowest BCUT2D eigenvalue weighted by Crippen LogP contribution is -2.24. The van der Waals surface area contributed by atoms with Crippen LogP contribution in [-0.4, -0.2) is 49.2 Å². The second kappa shape index (κ2) is 12.8. The highest BCUT2D eigenvalue weighted by Gasteiger charge is 2.21. The molecule has 8 nitrogen and oxygen atoms in total. The summed E-state index contributed by atoms with van der Waals surface area (Å²) in [5.74, 6) is 9.21. The van der Waals surface area contributed by atoms with Gasteiger partial charge in [-0.25, -0.2) is 9.29 Å². The van der Waals surface area contributed by atoms with Gasteiger partial charge in [0.1, 0.15) is 17.6 Å². The monoisotopic (exact) mass is 555 g/mol. The van der Waals surface area contributed by atoms with Gasteiger partial charge in [-0.2, -0.15) is 0 Å². The molecular formula is C31H33N5O3S. The van der Waals surface area contributed by atoms with Gasteiger partial charge in [0, 0.05) is 60.3 Å². The van der Waals surface area contributed by atoms with E-state index in [1.807, 2.05) is 72.2 Å². The van der Waals surface area contributed by atoms with E-state index < -0.39 is 0 Å². The van der Waals surface area contributed by atoms with E-state index >= 15 is 0 Å². The summed E-state index contributed by atoms with van der Waals surface area (Å²) >= 11 is 1.90. The van der Waals surface area contributed by atoms with Gasteiger partial charge in [0.2, 0.25) is 0 Å². The maximum atomic E-state index is 6.11. The molecule has 0 spiro atoms. The van der Waals surface area contributed by atoms with Crippen LogP contribution >= 0.6 is 11.9 Å². The Balaban J connectivity index is 1.05. The molecule has 2 aliphatic rings. The van der Waals surface area contributed by atoms with Gasteiger partial charge in [0.15, 0.2) is 12.1 Å². The molecule has 1 unspecified atom stereocenters. The zero-order valence-electron chi connectivity index (χ0n) is 22.7. The highest BCUT2D eigenvalue weighted by Crippen LogP contribution is 2.25. The molecule has 206 valence electrons. The van der Waals surface area contributed by atoms with Crippen LogP contribution in [0.3, 0.4) is 0 Å². The van der Waals surface area contributed by atoms with Crippen LogP contribution in [0.2, 0.25) is 0 Å². The number of hydrogen-bond acceptors (Lipinski definition) is 8. The second-order valence-electron chi connectivity index (χ2n) is 10.1. The Morgan fingerprint density at radius 3 is 2.67 bits per heavy atom. The van der Waals surface area contributed by atoms with Crippen LogP contribution in [0.1, 0.15) is 67.1 Å². The molecule has 2 atom stereocenters. The van der Waals surface area contributed by atoms with Gasteiger partial charge in [-0.1, -0.05) is 28.9 Å². The molecule has 0 N–H and O–H groups in total. The fraction of sp³-hybridized carbons (Fsp3) is 0.387. The average molecular weight is 556 g/mol. The van der Waals surface area contributed by atoms with E-state index in [-0.39, 0.29) is 12.4 Å². The third kappa shape index (κ3) is 6.83. The molecule has 2 fully saturated rings. The fourth-order valence-electron chi connectivity index (χ4n) is 4.88. The smallest absolute Gasteiger partial charge is 0.167 e. The predicted molar refractivity (Wildman–Crippen MR) is 154 cm³/mol. The van der Waals surface area contributed by atoms with E-state index in [1.54, 1.807) is 6.20 Å². The molecule has 2 aliphatic heterocycles. The summed E-state index contributed by atoms with van der Waals surface area (Å²) in [5, 5.41) is 4.29. The average Bonchev–Trinajstić information content (AvgIpc) is 3.77. The fourth-order valence-corrected chi connectivity index (χ4v) is 5.87. The molecule has 40 heavy (non-hydrogen) atoms. The summed E-state index contributed by atoms with van der Waals surface area (Å²) in [6.45, 7) is 5.33. The van der Waals surface area contributed by atoms with Crippen molar-refractivity contribution < 1.29 is 14.0 Å². The third-order valence-electron chi connectivity index (χ3n) is 7.01. The van der Waals surface area contributed by atoms with Crippen molar-refractivity contribution in [3.63, 3.8) is 0 Å². The molecule has 4 aromatic rings. The maximum Gasteiger partial charge on any atom is 0.167 e. The van der Waals surface area contributed by atoms with E-state index in [0.717, 1.165) is 72.9 Å². The Kier molecular flexibility index (Phi) is 8.59. The van der Waals surface area contributed by atoms with Crippen molar-refractivity contribution in [2.45, 2.75) is 58.1 Å². The molecule has 5 heterocycles. The van der Waals surface area contributed by atoms with Crippen molar-refractivity contribution in [3.8, 4) is 23.2 Å². The van der Waals surface area contributed by atoms with Gasteiger partial charge in [-0.15, -0.1) is 0 Å². The number of benzene rings is 1. The van der Waals surface area contributed by atoms with Crippen LogP contribution < -0.4 is 0 Å². The van der Waals surface area contributed by atoms with Crippen molar-refractivity contribution in [3.05, 3.63) is 89.4 Å². The van der Waals surface area contributed by atoms with Crippen LogP contribution in [0.25, 0.3) is 11.3 Å². The van der Waals surface area contributed by atoms with Crippen LogP contribution in [0.15, 0.2) is 65.6 Å². The maximum absolute atomic E-state index is 6.11. The van der Waals surface area contributed by atoms with E-state index in [0.29, 0.717) is 12.3 Å². The minimum absolute atomic E-state index is 0.165. The first-order chi connectivity index (χ1) is 19.7. The van der Waals surface area contributed by atoms with Gasteiger partial charge in [0.05, 0.1) is 18.8 Å². The Bertz CT molecular complexity index is 1440. The van der Waals surface area contributed by atoms with Gasteiger partial charge in [-0.05, 0) is 69.0 Å². The van der Waals surface area contributed by atoms with Gasteiger partial charge in [-0.3, -0.25) is 4.98 Å². The summed E-state index contributed by atoms with van der Waals surface area (Å²) < 4.78 is 21.9. The molecule has 9 heteroatoms. The topological polar surface area (TPSA) is 78.4 Å². The quantitative estimate of drug-likeness (QED) is 0.198. The number of pyridine rings is 1. The summed E-state index contributed by atoms with van der Waals surface area (Å²) in [5.41, 5.74) is 4.69. The SMILES string of the molecule is C[C@H](OC1CCCCO1)c1nccn1Cc1cc(-c2ccc(C#Cc3ccc(CN4CCCS4)nc3)cc2)on1. The molecular weight excluding hydrogens is 522 g/mol. The number of imidazole rings is 1. The lowest BCUT2D eigenvalue weighted by Gasteiger charge is -2.26. The molecule has 0 amide bonds. The Labute approximate surface area is 239 Å². The van der Waals surface area contributed by atoms with Crippen LogP contribution in [0.4, 0.5) is 0 Å². The zero-order chi connectivity index (χ0) is 27.1. The van der Waals surface area contributed by atoms with Gasteiger partial charge >= 0.3 is 0 Å². The lowest BCUT2D eigenvalue weighted by molar-refractivity contribution is -0.188. The van der Waals surface area contributed by atoms with Crippen molar-refractivity contribution in [1.29, 1.82) is 0 Å². The largest absolute Gasteiger partial charge is 0.356 e. The molecule has 0 saturated carbocycles. The summed E-state index contributed by atoms with van der Waals surface area (Å²) in [7, 11) is 0. The summed E-state index contributed by atoms with van der Waals surface area (Å²) in [6.07, 6.45) is 9.64. The molecule has 2 saturated heterocycles. The predicted octanol–water partition coefficient (Wildman–Crippen LogP) is 5.84. The molecule has 6 rings (SSSR count). The standard InChI is InChI=1S/C31H33N5O3S/c1-23(38-30-5-2-3-17-37-30)31-32-14-16-35(31)21-28-19-29(39-34-28)26-11-8-24(9-12-26)6-7-25-10-13-27(33-20-25)22-36-15-4-18-40-36/h8-14,16,19-20,23,30H,2-5,15,17-18,21-22H2,1H3/t23-,30?/m0/s1. The van der Waals surface area contributed by atoms with Crippen LogP contribution in [-0.2, 0) is 22.6 Å². The number of rotatable bonds is 8. The van der Waals surface area contributed by atoms with E-state index in [4.69, 9.17) is 14.0 Å².